The number of halogens is 1. The van der Waals surface area contributed by atoms with Crippen molar-refractivity contribution in [3.8, 4) is 0 Å². The molecule has 0 fully saturated rings. The van der Waals surface area contributed by atoms with Gasteiger partial charge in [0.2, 0.25) is 0 Å². The second-order valence-electron chi connectivity index (χ2n) is 5.05. The van der Waals surface area contributed by atoms with Crippen LogP contribution < -0.4 is 10.3 Å². The number of hydrogen-bond donors (Lipinski definition) is 2. The number of fused-ring (bicyclic) bond motifs is 1. The van der Waals surface area contributed by atoms with Gasteiger partial charge in [-0.05, 0) is 35.0 Å². The van der Waals surface area contributed by atoms with E-state index >= 15 is 0 Å². The van der Waals surface area contributed by atoms with E-state index < -0.39 is 15.9 Å². The predicted molar refractivity (Wildman–Crippen MR) is 93.2 cm³/mol. The summed E-state index contributed by atoms with van der Waals surface area (Å²) in [5.74, 6) is -0.559. The molecule has 5 nitrogen and oxygen atoms in total. The highest BCUT2D eigenvalue weighted by molar-refractivity contribution is 7.89. The zero-order chi connectivity index (χ0) is 17.2. The van der Waals surface area contributed by atoms with Gasteiger partial charge < -0.3 is 0 Å². The van der Waals surface area contributed by atoms with E-state index in [0.29, 0.717) is 5.56 Å². The molecule has 3 aromatic rings. The van der Waals surface area contributed by atoms with E-state index in [-0.39, 0.29) is 9.92 Å². The van der Waals surface area contributed by atoms with Crippen LogP contribution in [0.15, 0.2) is 71.6 Å². The van der Waals surface area contributed by atoms with Crippen molar-refractivity contribution < 1.29 is 13.2 Å². The molecule has 0 aliphatic heterocycles. The Labute approximate surface area is 144 Å². The number of hydrogen-bond acceptors (Lipinski definition) is 3. The molecule has 0 heterocycles. The van der Waals surface area contributed by atoms with Gasteiger partial charge in [0.05, 0.1) is 5.02 Å². The van der Waals surface area contributed by atoms with E-state index in [2.05, 4.69) is 10.3 Å². The predicted octanol–water partition coefficient (Wildman–Crippen LogP) is 3.12. The Morgan fingerprint density at radius 2 is 1.54 bits per heavy atom. The van der Waals surface area contributed by atoms with Gasteiger partial charge in [-0.3, -0.25) is 10.2 Å². The summed E-state index contributed by atoms with van der Waals surface area (Å²) < 4.78 is 24.4. The Bertz CT molecular complexity index is 1020. The molecule has 3 rings (SSSR count). The molecule has 0 bridgehead atoms. The molecular formula is C17H13ClN2O3S. The summed E-state index contributed by atoms with van der Waals surface area (Å²) in [6, 6.07) is 18.7. The first-order valence-corrected chi connectivity index (χ1v) is 8.89. The van der Waals surface area contributed by atoms with Crippen molar-refractivity contribution in [2.45, 2.75) is 4.90 Å². The third kappa shape index (κ3) is 3.41. The highest BCUT2D eigenvalue weighted by Crippen LogP contribution is 2.20. The minimum absolute atomic E-state index is 0.0740. The summed E-state index contributed by atoms with van der Waals surface area (Å²) in [5, 5.41) is 1.95. The van der Waals surface area contributed by atoms with Crippen LogP contribution in [0.1, 0.15) is 10.4 Å². The Morgan fingerprint density at radius 1 is 0.875 bits per heavy atom. The fraction of sp³-hybridized carbons (Fsp3) is 0. The summed E-state index contributed by atoms with van der Waals surface area (Å²) in [4.78, 5) is 14.1. The van der Waals surface area contributed by atoms with Gasteiger partial charge in [-0.1, -0.05) is 54.1 Å². The summed E-state index contributed by atoms with van der Waals surface area (Å²) in [5.41, 5.74) is 2.54. The molecule has 0 radical (unpaired) electrons. The van der Waals surface area contributed by atoms with Gasteiger partial charge in [0.15, 0.2) is 0 Å². The Hall–Kier alpha value is -2.41. The molecule has 0 spiro atoms. The van der Waals surface area contributed by atoms with Crippen molar-refractivity contribution in [2.75, 3.05) is 0 Å². The average molecular weight is 361 g/mol. The second kappa shape index (κ2) is 6.60. The lowest BCUT2D eigenvalue weighted by molar-refractivity contribution is 0.0945. The number of hydrazine groups is 1. The maximum atomic E-state index is 12.2. The highest BCUT2D eigenvalue weighted by atomic mass is 35.5. The van der Waals surface area contributed by atoms with Gasteiger partial charge in [-0.2, -0.15) is 0 Å². The number of amides is 1. The van der Waals surface area contributed by atoms with Gasteiger partial charge >= 0.3 is 0 Å². The zero-order valence-corrected chi connectivity index (χ0v) is 13.9. The van der Waals surface area contributed by atoms with Gasteiger partial charge in [0, 0.05) is 5.56 Å². The molecule has 122 valence electrons. The number of nitrogens with one attached hydrogen (secondary N) is 2. The maximum Gasteiger partial charge on any atom is 0.266 e. The van der Waals surface area contributed by atoms with E-state index in [9.17, 15) is 13.2 Å². The topological polar surface area (TPSA) is 75.3 Å². The first kappa shape index (κ1) is 16.4. The number of benzene rings is 3. The summed E-state index contributed by atoms with van der Waals surface area (Å²) in [7, 11) is -3.95. The molecule has 0 aliphatic rings. The van der Waals surface area contributed by atoms with Gasteiger partial charge in [-0.15, -0.1) is 4.83 Å². The molecule has 0 aliphatic carbocycles. The molecule has 24 heavy (non-hydrogen) atoms. The minimum Gasteiger partial charge on any atom is -0.273 e. The lowest BCUT2D eigenvalue weighted by atomic mass is 10.1. The Balaban J connectivity index is 1.78. The minimum atomic E-state index is -3.95. The van der Waals surface area contributed by atoms with E-state index in [1.165, 1.54) is 12.1 Å². The van der Waals surface area contributed by atoms with Crippen LogP contribution in [0.4, 0.5) is 0 Å². The smallest absolute Gasteiger partial charge is 0.266 e. The lowest BCUT2D eigenvalue weighted by Gasteiger charge is -2.10. The van der Waals surface area contributed by atoms with Crippen LogP contribution in [-0.2, 0) is 10.0 Å². The van der Waals surface area contributed by atoms with Crippen LogP contribution in [0.2, 0.25) is 5.02 Å². The maximum absolute atomic E-state index is 12.2. The zero-order valence-electron chi connectivity index (χ0n) is 12.4. The number of sulfonamides is 1. The van der Waals surface area contributed by atoms with Crippen molar-refractivity contribution in [2.24, 2.45) is 0 Å². The standard InChI is InChI=1S/C17H13ClN2O3S/c18-15-7-3-4-8-16(15)24(22,23)20-19-17(21)14-10-9-12-5-1-2-6-13(12)11-14/h1-11,20H,(H,19,21). The molecule has 0 atom stereocenters. The van der Waals surface area contributed by atoms with Gasteiger partial charge in [0.1, 0.15) is 4.90 Å². The molecule has 0 saturated carbocycles. The van der Waals surface area contributed by atoms with Crippen molar-refractivity contribution in [3.63, 3.8) is 0 Å². The van der Waals surface area contributed by atoms with E-state index in [1.807, 2.05) is 24.3 Å². The quantitative estimate of drug-likeness (QED) is 0.702. The summed E-state index contributed by atoms with van der Waals surface area (Å²) >= 11 is 5.87. The van der Waals surface area contributed by atoms with Crippen LogP contribution in [0.3, 0.4) is 0 Å². The van der Waals surface area contributed by atoms with E-state index in [0.717, 1.165) is 10.8 Å². The number of carbonyl (C=O) groups excluding carboxylic acids is 1. The number of rotatable bonds is 4. The van der Waals surface area contributed by atoms with Gasteiger partial charge in [0.25, 0.3) is 15.9 Å². The van der Waals surface area contributed by atoms with E-state index in [1.54, 1.807) is 30.3 Å². The highest BCUT2D eigenvalue weighted by Gasteiger charge is 2.18. The lowest BCUT2D eigenvalue weighted by Crippen LogP contribution is -2.41. The van der Waals surface area contributed by atoms with E-state index in [4.69, 9.17) is 11.6 Å². The van der Waals surface area contributed by atoms with Crippen LogP contribution in [0.5, 0.6) is 0 Å². The van der Waals surface area contributed by atoms with Crippen LogP contribution in [-0.4, -0.2) is 14.3 Å². The second-order valence-corrected chi connectivity index (χ2v) is 7.11. The molecule has 1 amide bonds. The van der Waals surface area contributed by atoms with Crippen LogP contribution in [0.25, 0.3) is 10.8 Å². The summed E-state index contributed by atoms with van der Waals surface area (Å²) in [6.45, 7) is 0. The third-order valence-electron chi connectivity index (χ3n) is 3.44. The Kier molecular flexibility index (Phi) is 4.53. The first-order chi connectivity index (χ1) is 11.5. The molecule has 0 aromatic heterocycles. The monoisotopic (exact) mass is 360 g/mol. The van der Waals surface area contributed by atoms with Crippen LogP contribution >= 0.6 is 11.6 Å². The normalized spacial score (nSPS) is 11.4. The summed E-state index contributed by atoms with van der Waals surface area (Å²) in [6.07, 6.45) is 0. The fourth-order valence-corrected chi connectivity index (χ4v) is 3.59. The third-order valence-corrected chi connectivity index (χ3v) is 5.18. The molecule has 3 aromatic carbocycles. The number of carbonyl (C=O) groups is 1. The largest absolute Gasteiger partial charge is 0.273 e. The molecule has 2 N–H and O–H groups in total. The molecule has 0 unspecified atom stereocenters. The molecule has 0 saturated heterocycles. The Morgan fingerprint density at radius 3 is 2.29 bits per heavy atom. The molecular weight excluding hydrogens is 348 g/mol. The van der Waals surface area contributed by atoms with Crippen molar-refractivity contribution in [3.05, 3.63) is 77.3 Å². The molecule has 7 heteroatoms. The van der Waals surface area contributed by atoms with Crippen molar-refractivity contribution in [1.29, 1.82) is 0 Å². The average Bonchev–Trinajstić information content (AvgIpc) is 2.59. The first-order valence-electron chi connectivity index (χ1n) is 7.03. The SMILES string of the molecule is O=C(NNS(=O)(=O)c1ccccc1Cl)c1ccc2ccccc2c1. The van der Waals surface area contributed by atoms with Gasteiger partial charge in [-0.25, -0.2) is 8.42 Å². The van der Waals surface area contributed by atoms with Crippen molar-refractivity contribution in [1.82, 2.24) is 10.3 Å². The fourth-order valence-electron chi connectivity index (χ4n) is 2.23. The van der Waals surface area contributed by atoms with Crippen LogP contribution in [0, 0.1) is 0 Å². The van der Waals surface area contributed by atoms with Crippen molar-refractivity contribution >= 4 is 38.3 Å².